The summed E-state index contributed by atoms with van der Waals surface area (Å²) < 4.78 is 5.19. The zero-order chi connectivity index (χ0) is 13.1. The fourth-order valence-electron chi connectivity index (χ4n) is 2.88. The van der Waals surface area contributed by atoms with Crippen molar-refractivity contribution in [2.45, 2.75) is 57.0 Å². The van der Waals surface area contributed by atoms with Gasteiger partial charge in [0.15, 0.2) is 5.82 Å². The van der Waals surface area contributed by atoms with Crippen LogP contribution >= 0.6 is 0 Å². The van der Waals surface area contributed by atoms with Gasteiger partial charge in [0, 0.05) is 5.92 Å². The standard InChI is InChI=1S/C13H20N4O2/c18-13(10-6-3-7-14-10)15-8-11-16-12(17-19-11)9-4-1-2-5-9/h9-10,14H,1-8H2,(H,15,18). The molecule has 1 unspecified atom stereocenters. The lowest BCUT2D eigenvalue weighted by Gasteiger charge is -2.08. The third-order valence-corrected chi connectivity index (χ3v) is 3.99. The van der Waals surface area contributed by atoms with Gasteiger partial charge in [0.1, 0.15) is 0 Å². The average Bonchev–Trinajstić information content (AvgIpc) is 3.14. The first-order chi connectivity index (χ1) is 9.33. The van der Waals surface area contributed by atoms with Crippen molar-refractivity contribution in [3.63, 3.8) is 0 Å². The molecule has 2 fully saturated rings. The van der Waals surface area contributed by atoms with Crippen LogP contribution in [0, 0.1) is 0 Å². The van der Waals surface area contributed by atoms with Crippen LogP contribution in [0.15, 0.2) is 4.52 Å². The summed E-state index contributed by atoms with van der Waals surface area (Å²) in [6.07, 6.45) is 6.76. The van der Waals surface area contributed by atoms with Crippen LogP contribution < -0.4 is 10.6 Å². The van der Waals surface area contributed by atoms with Crippen molar-refractivity contribution in [3.05, 3.63) is 11.7 Å². The predicted octanol–water partition coefficient (Wildman–Crippen LogP) is 1.10. The van der Waals surface area contributed by atoms with Gasteiger partial charge in [-0.1, -0.05) is 18.0 Å². The highest BCUT2D eigenvalue weighted by molar-refractivity contribution is 5.81. The molecule has 0 aromatic carbocycles. The minimum Gasteiger partial charge on any atom is -0.346 e. The number of amides is 1. The highest BCUT2D eigenvalue weighted by Crippen LogP contribution is 2.32. The number of hydrogen-bond acceptors (Lipinski definition) is 5. The SMILES string of the molecule is O=C(NCc1nc(C2CCCC2)no1)C1CCCN1. The Morgan fingerprint density at radius 3 is 2.89 bits per heavy atom. The van der Waals surface area contributed by atoms with Crippen molar-refractivity contribution in [2.75, 3.05) is 6.54 Å². The molecule has 19 heavy (non-hydrogen) atoms. The van der Waals surface area contributed by atoms with E-state index in [2.05, 4.69) is 20.8 Å². The summed E-state index contributed by atoms with van der Waals surface area (Å²) >= 11 is 0. The Labute approximate surface area is 112 Å². The molecule has 3 rings (SSSR count). The summed E-state index contributed by atoms with van der Waals surface area (Å²) in [5.74, 6) is 1.79. The van der Waals surface area contributed by atoms with Gasteiger partial charge in [-0.05, 0) is 32.2 Å². The lowest BCUT2D eigenvalue weighted by molar-refractivity contribution is -0.123. The Balaban J connectivity index is 1.51. The summed E-state index contributed by atoms with van der Waals surface area (Å²) in [4.78, 5) is 16.2. The maximum atomic E-state index is 11.8. The number of hydrogen-bond donors (Lipinski definition) is 2. The van der Waals surface area contributed by atoms with E-state index in [1.165, 1.54) is 12.8 Å². The molecule has 6 heteroatoms. The molecular formula is C13H20N4O2. The van der Waals surface area contributed by atoms with E-state index in [-0.39, 0.29) is 11.9 Å². The van der Waals surface area contributed by atoms with Gasteiger partial charge in [-0.15, -0.1) is 0 Å². The van der Waals surface area contributed by atoms with Gasteiger partial charge in [0.2, 0.25) is 11.8 Å². The van der Waals surface area contributed by atoms with Crippen molar-refractivity contribution in [1.29, 1.82) is 0 Å². The molecule has 6 nitrogen and oxygen atoms in total. The van der Waals surface area contributed by atoms with Gasteiger partial charge in [0.25, 0.3) is 0 Å². The molecule has 1 aromatic heterocycles. The first-order valence-corrected chi connectivity index (χ1v) is 7.16. The number of rotatable bonds is 4. The summed E-state index contributed by atoms with van der Waals surface area (Å²) in [6, 6.07) is -0.0581. The second kappa shape index (κ2) is 5.69. The Bertz CT molecular complexity index is 434. The van der Waals surface area contributed by atoms with Crippen LogP contribution in [0.25, 0.3) is 0 Å². The van der Waals surface area contributed by atoms with E-state index in [4.69, 9.17) is 4.52 Å². The van der Waals surface area contributed by atoms with E-state index >= 15 is 0 Å². The van der Waals surface area contributed by atoms with Crippen molar-refractivity contribution < 1.29 is 9.32 Å². The molecule has 2 heterocycles. The topological polar surface area (TPSA) is 80.1 Å². The first kappa shape index (κ1) is 12.6. The molecule has 1 amide bonds. The number of nitrogens with zero attached hydrogens (tertiary/aromatic N) is 2. The molecule has 0 radical (unpaired) electrons. The van der Waals surface area contributed by atoms with Crippen molar-refractivity contribution >= 4 is 5.91 Å². The van der Waals surface area contributed by atoms with Crippen LogP contribution in [-0.4, -0.2) is 28.6 Å². The summed E-state index contributed by atoms with van der Waals surface area (Å²) in [5.41, 5.74) is 0. The molecule has 0 spiro atoms. The molecule has 2 aliphatic rings. The second-order valence-corrected chi connectivity index (χ2v) is 5.39. The van der Waals surface area contributed by atoms with Gasteiger partial charge in [-0.3, -0.25) is 4.79 Å². The van der Waals surface area contributed by atoms with Crippen molar-refractivity contribution in [1.82, 2.24) is 20.8 Å². The molecule has 1 saturated carbocycles. The summed E-state index contributed by atoms with van der Waals surface area (Å²) in [6.45, 7) is 1.25. The highest BCUT2D eigenvalue weighted by Gasteiger charge is 2.24. The van der Waals surface area contributed by atoms with Gasteiger partial charge < -0.3 is 15.2 Å². The van der Waals surface area contributed by atoms with Gasteiger partial charge >= 0.3 is 0 Å². The molecule has 1 aromatic rings. The fourth-order valence-corrected chi connectivity index (χ4v) is 2.88. The molecule has 104 valence electrons. The fraction of sp³-hybridized carbons (Fsp3) is 0.769. The second-order valence-electron chi connectivity index (χ2n) is 5.39. The summed E-state index contributed by atoms with van der Waals surface area (Å²) in [7, 11) is 0. The normalized spacial score (nSPS) is 23.9. The molecular weight excluding hydrogens is 244 g/mol. The number of aromatic nitrogens is 2. The molecule has 1 atom stereocenters. The van der Waals surface area contributed by atoms with E-state index in [0.29, 0.717) is 18.4 Å². The zero-order valence-electron chi connectivity index (χ0n) is 11.0. The molecule has 0 bridgehead atoms. The minimum atomic E-state index is -0.0581. The average molecular weight is 264 g/mol. The van der Waals surface area contributed by atoms with Crippen LogP contribution in [-0.2, 0) is 11.3 Å². The Morgan fingerprint density at radius 1 is 1.32 bits per heavy atom. The van der Waals surface area contributed by atoms with Gasteiger partial charge in [-0.2, -0.15) is 4.98 Å². The maximum Gasteiger partial charge on any atom is 0.246 e. The molecule has 2 N–H and O–H groups in total. The largest absolute Gasteiger partial charge is 0.346 e. The van der Waals surface area contributed by atoms with Gasteiger partial charge in [-0.25, -0.2) is 0 Å². The number of carbonyl (C=O) groups excluding carboxylic acids is 1. The Kier molecular flexibility index (Phi) is 3.77. The monoisotopic (exact) mass is 264 g/mol. The maximum absolute atomic E-state index is 11.8. The predicted molar refractivity (Wildman–Crippen MR) is 68.4 cm³/mol. The minimum absolute atomic E-state index is 0.0260. The van der Waals surface area contributed by atoms with E-state index in [1.807, 2.05) is 0 Å². The van der Waals surface area contributed by atoms with Crippen LogP contribution in [0.4, 0.5) is 0 Å². The third kappa shape index (κ3) is 2.94. The lowest BCUT2D eigenvalue weighted by atomic mass is 10.1. The van der Waals surface area contributed by atoms with Crippen LogP contribution in [0.3, 0.4) is 0 Å². The van der Waals surface area contributed by atoms with Crippen molar-refractivity contribution in [2.24, 2.45) is 0 Å². The van der Waals surface area contributed by atoms with Crippen LogP contribution in [0.1, 0.15) is 56.2 Å². The summed E-state index contributed by atoms with van der Waals surface area (Å²) in [5, 5.41) is 10.0. The molecule has 1 aliphatic carbocycles. The Hall–Kier alpha value is -1.43. The third-order valence-electron chi connectivity index (χ3n) is 3.99. The van der Waals surface area contributed by atoms with Crippen LogP contribution in [0.5, 0.6) is 0 Å². The smallest absolute Gasteiger partial charge is 0.246 e. The molecule has 1 saturated heterocycles. The zero-order valence-corrected chi connectivity index (χ0v) is 11.0. The first-order valence-electron chi connectivity index (χ1n) is 7.16. The van der Waals surface area contributed by atoms with E-state index in [9.17, 15) is 4.79 Å². The van der Waals surface area contributed by atoms with Crippen molar-refractivity contribution in [3.8, 4) is 0 Å². The van der Waals surface area contributed by atoms with E-state index in [0.717, 1.165) is 38.1 Å². The van der Waals surface area contributed by atoms with E-state index in [1.54, 1.807) is 0 Å². The quantitative estimate of drug-likeness (QED) is 0.851. The number of carbonyl (C=O) groups is 1. The van der Waals surface area contributed by atoms with Gasteiger partial charge in [0.05, 0.1) is 12.6 Å². The molecule has 1 aliphatic heterocycles. The van der Waals surface area contributed by atoms with E-state index < -0.39 is 0 Å². The Morgan fingerprint density at radius 2 is 2.16 bits per heavy atom. The van der Waals surface area contributed by atoms with Crippen LogP contribution in [0.2, 0.25) is 0 Å². The highest BCUT2D eigenvalue weighted by atomic mass is 16.5. The number of nitrogens with one attached hydrogen (secondary N) is 2. The lowest BCUT2D eigenvalue weighted by Crippen LogP contribution is -2.40.